The minimum absolute atomic E-state index is 0.320. The van der Waals surface area contributed by atoms with Gasteiger partial charge in [0.1, 0.15) is 6.04 Å². The van der Waals surface area contributed by atoms with Gasteiger partial charge in [-0.2, -0.15) is 0 Å². The summed E-state index contributed by atoms with van der Waals surface area (Å²) >= 11 is 1.53. The zero-order valence-corrected chi connectivity index (χ0v) is 12.1. The molecule has 1 rings (SSSR count). The molecule has 0 aliphatic carbocycles. The van der Waals surface area contributed by atoms with Crippen molar-refractivity contribution < 1.29 is 14.7 Å². The van der Waals surface area contributed by atoms with E-state index < -0.39 is 17.4 Å². The van der Waals surface area contributed by atoms with Crippen LogP contribution in [0.1, 0.15) is 40.9 Å². The van der Waals surface area contributed by atoms with Crippen LogP contribution in [0.15, 0.2) is 6.07 Å². The van der Waals surface area contributed by atoms with Crippen molar-refractivity contribution in [3.63, 3.8) is 0 Å². The van der Waals surface area contributed by atoms with Gasteiger partial charge in [0.05, 0.1) is 5.56 Å². The Hall–Kier alpha value is -1.36. The quantitative estimate of drug-likeness (QED) is 0.886. The summed E-state index contributed by atoms with van der Waals surface area (Å²) in [5.74, 6) is -1.33. The predicted octanol–water partition coefficient (Wildman–Crippen LogP) is 2.59. The van der Waals surface area contributed by atoms with E-state index in [4.69, 9.17) is 5.11 Å². The van der Waals surface area contributed by atoms with Crippen LogP contribution in [0.4, 0.5) is 0 Å². The molecule has 1 aromatic rings. The third-order valence-electron chi connectivity index (χ3n) is 2.67. The number of carboxylic acid groups (broad SMARTS) is 1. The van der Waals surface area contributed by atoms with Crippen LogP contribution in [0, 0.1) is 19.3 Å². The molecule has 0 bridgehead atoms. The van der Waals surface area contributed by atoms with Gasteiger partial charge in [0, 0.05) is 9.75 Å². The molecule has 0 radical (unpaired) electrons. The lowest BCUT2D eigenvalue weighted by atomic mass is 9.86. The summed E-state index contributed by atoms with van der Waals surface area (Å²) < 4.78 is 0. The van der Waals surface area contributed by atoms with Crippen molar-refractivity contribution in [3.05, 3.63) is 21.4 Å². The molecule has 0 aliphatic rings. The highest BCUT2D eigenvalue weighted by Crippen LogP contribution is 2.23. The Balaban J connectivity index is 2.93. The number of carboxylic acids is 1. The second-order valence-electron chi connectivity index (χ2n) is 5.44. The lowest BCUT2D eigenvalue weighted by Crippen LogP contribution is -2.49. The molecule has 0 saturated carbocycles. The number of aryl methyl sites for hydroxylation is 2. The molecule has 18 heavy (non-hydrogen) atoms. The molecule has 1 atom stereocenters. The van der Waals surface area contributed by atoms with E-state index in [2.05, 4.69) is 5.32 Å². The monoisotopic (exact) mass is 269 g/mol. The first-order valence-electron chi connectivity index (χ1n) is 5.73. The first-order valence-corrected chi connectivity index (χ1v) is 6.55. The number of amides is 1. The second kappa shape index (κ2) is 5.10. The molecule has 0 spiro atoms. The van der Waals surface area contributed by atoms with Gasteiger partial charge < -0.3 is 10.4 Å². The van der Waals surface area contributed by atoms with Gasteiger partial charge in [-0.3, -0.25) is 4.79 Å². The molecular weight excluding hydrogens is 250 g/mol. The van der Waals surface area contributed by atoms with Crippen molar-refractivity contribution in [1.29, 1.82) is 0 Å². The van der Waals surface area contributed by atoms with Crippen LogP contribution < -0.4 is 5.32 Å². The molecule has 0 saturated heterocycles. The van der Waals surface area contributed by atoms with Gasteiger partial charge >= 0.3 is 5.97 Å². The summed E-state index contributed by atoms with van der Waals surface area (Å²) in [4.78, 5) is 25.2. The number of aliphatic carboxylic acids is 1. The predicted molar refractivity (Wildman–Crippen MR) is 72.1 cm³/mol. The summed E-state index contributed by atoms with van der Waals surface area (Å²) in [6.45, 7) is 9.15. The highest BCUT2D eigenvalue weighted by Gasteiger charge is 2.33. The Kier molecular flexibility index (Phi) is 4.16. The van der Waals surface area contributed by atoms with E-state index in [-0.39, 0.29) is 5.91 Å². The van der Waals surface area contributed by atoms with E-state index in [1.165, 1.54) is 11.3 Å². The van der Waals surface area contributed by atoms with Crippen molar-refractivity contribution in [3.8, 4) is 0 Å². The average Bonchev–Trinajstić information content (AvgIpc) is 2.51. The van der Waals surface area contributed by atoms with Crippen molar-refractivity contribution in [2.75, 3.05) is 0 Å². The Morgan fingerprint density at radius 1 is 1.33 bits per heavy atom. The maximum atomic E-state index is 12.1. The van der Waals surface area contributed by atoms with Gasteiger partial charge in [0.15, 0.2) is 0 Å². The Labute approximate surface area is 111 Å². The largest absolute Gasteiger partial charge is 0.480 e. The molecule has 0 aliphatic heterocycles. The fourth-order valence-electron chi connectivity index (χ4n) is 1.71. The van der Waals surface area contributed by atoms with E-state index in [1.54, 1.807) is 26.8 Å². The standard InChI is InChI=1S/C13H19NO3S/c1-7-6-9(8(2)18-7)11(15)14-10(12(16)17)13(3,4)5/h6,10H,1-5H3,(H,14,15)(H,16,17)/t10-/m1/s1. The Bertz CT molecular complexity index is 471. The number of carbonyl (C=O) groups excluding carboxylic acids is 1. The maximum absolute atomic E-state index is 12.1. The summed E-state index contributed by atoms with van der Waals surface area (Å²) in [5, 5.41) is 11.8. The molecule has 100 valence electrons. The van der Waals surface area contributed by atoms with Crippen LogP contribution >= 0.6 is 11.3 Å². The van der Waals surface area contributed by atoms with Crippen molar-refractivity contribution in [1.82, 2.24) is 5.32 Å². The Morgan fingerprint density at radius 2 is 1.89 bits per heavy atom. The van der Waals surface area contributed by atoms with Crippen LogP contribution in [0.2, 0.25) is 0 Å². The minimum atomic E-state index is -1.01. The number of rotatable bonds is 3. The topological polar surface area (TPSA) is 66.4 Å². The third kappa shape index (κ3) is 3.32. The SMILES string of the molecule is Cc1cc(C(=O)N[C@H](C(=O)O)C(C)(C)C)c(C)s1. The number of nitrogens with one attached hydrogen (secondary N) is 1. The average molecular weight is 269 g/mol. The fourth-order valence-corrected chi connectivity index (χ4v) is 2.64. The zero-order chi connectivity index (χ0) is 14.1. The molecule has 1 amide bonds. The minimum Gasteiger partial charge on any atom is -0.480 e. The summed E-state index contributed by atoms with van der Waals surface area (Å²) in [5.41, 5.74) is 0.0356. The molecule has 0 fully saturated rings. The molecule has 1 aromatic heterocycles. The molecule has 0 unspecified atom stereocenters. The number of hydrogen-bond donors (Lipinski definition) is 2. The van der Waals surface area contributed by atoms with Gasteiger partial charge in [0.25, 0.3) is 5.91 Å². The first kappa shape index (κ1) is 14.7. The highest BCUT2D eigenvalue weighted by atomic mass is 32.1. The lowest BCUT2D eigenvalue weighted by Gasteiger charge is -2.27. The zero-order valence-electron chi connectivity index (χ0n) is 11.3. The van der Waals surface area contributed by atoms with E-state index >= 15 is 0 Å². The molecule has 4 nitrogen and oxygen atoms in total. The number of thiophene rings is 1. The summed E-state index contributed by atoms with van der Waals surface area (Å²) in [7, 11) is 0. The fraction of sp³-hybridized carbons (Fsp3) is 0.538. The molecule has 5 heteroatoms. The summed E-state index contributed by atoms with van der Waals surface area (Å²) in [6, 6.07) is 0.890. The van der Waals surface area contributed by atoms with Gasteiger partial charge in [-0.15, -0.1) is 11.3 Å². The van der Waals surface area contributed by atoms with Gasteiger partial charge in [0.2, 0.25) is 0 Å². The first-order chi connectivity index (χ1) is 8.12. The smallest absolute Gasteiger partial charge is 0.326 e. The van der Waals surface area contributed by atoms with E-state index in [0.29, 0.717) is 5.56 Å². The van der Waals surface area contributed by atoms with Gasteiger partial charge in [-0.25, -0.2) is 4.79 Å². The maximum Gasteiger partial charge on any atom is 0.326 e. The number of hydrogen-bond acceptors (Lipinski definition) is 3. The van der Waals surface area contributed by atoms with Crippen LogP contribution in [-0.2, 0) is 4.79 Å². The highest BCUT2D eigenvalue weighted by molar-refractivity contribution is 7.12. The van der Waals surface area contributed by atoms with E-state index in [9.17, 15) is 9.59 Å². The van der Waals surface area contributed by atoms with E-state index in [0.717, 1.165) is 9.75 Å². The second-order valence-corrected chi connectivity index (χ2v) is 6.90. The molecular formula is C13H19NO3S. The van der Waals surface area contributed by atoms with Gasteiger partial charge in [-0.05, 0) is 25.3 Å². The molecule has 0 aromatic carbocycles. The van der Waals surface area contributed by atoms with Crippen LogP contribution in [0.3, 0.4) is 0 Å². The van der Waals surface area contributed by atoms with Crippen LogP contribution in [0.5, 0.6) is 0 Å². The normalized spacial score (nSPS) is 13.2. The van der Waals surface area contributed by atoms with Crippen LogP contribution in [0.25, 0.3) is 0 Å². The van der Waals surface area contributed by atoms with Crippen LogP contribution in [-0.4, -0.2) is 23.0 Å². The summed E-state index contributed by atoms with van der Waals surface area (Å²) in [6.07, 6.45) is 0. The van der Waals surface area contributed by atoms with Crippen molar-refractivity contribution in [2.24, 2.45) is 5.41 Å². The number of carbonyl (C=O) groups is 2. The van der Waals surface area contributed by atoms with Crippen molar-refractivity contribution in [2.45, 2.75) is 40.7 Å². The Morgan fingerprint density at radius 3 is 2.22 bits per heavy atom. The molecule has 2 N–H and O–H groups in total. The lowest BCUT2D eigenvalue weighted by molar-refractivity contribution is -0.142. The van der Waals surface area contributed by atoms with Crippen molar-refractivity contribution >= 4 is 23.2 Å². The molecule has 1 heterocycles. The third-order valence-corrected chi connectivity index (χ3v) is 3.64. The van der Waals surface area contributed by atoms with Gasteiger partial charge in [-0.1, -0.05) is 20.8 Å². The van der Waals surface area contributed by atoms with E-state index in [1.807, 2.05) is 13.8 Å².